The van der Waals surface area contributed by atoms with Crippen LogP contribution >= 0.6 is 7.80 Å². The molecule has 1 aliphatic heterocycles. The van der Waals surface area contributed by atoms with Crippen LogP contribution in [0, 0.1) is 0 Å². The van der Waals surface area contributed by atoms with Gasteiger partial charge in [-0.05, 0) is 18.6 Å². The number of allylic oxidation sites excluding steroid dienone is 2. The van der Waals surface area contributed by atoms with Crippen LogP contribution in [0.3, 0.4) is 0 Å². The molecule has 0 saturated heterocycles. The predicted octanol–water partition coefficient (Wildman–Crippen LogP) is 2.24. The average Bonchev–Trinajstić information content (AvgIpc) is 1.87. The highest BCUT2D eigenvalue weighted by Crippen LogP contribution is 2.32. The van der Waals surface area contributed by atoms with Crippen LogP contribution in [0.4, 0.5) is 0 Å². The summed E-state index contributed by atoms with van der Waals surface area (Å²) >= 11 is 0. The maximum atomic E-state index is 10.4. The maximum Gasteiger partial charge on any atom is 0.400 e. The second-order valence-electron chi connectivity index (χ2n) is 1.55. The second-order valence-corrected chi connectivity index (χ2v) is 2.82. The summed E-state index contributed by atoms with van der Waals surface area (Å²) in [7, 11) is -1.10. The monoisotopic (exact) mass is 113 g/mol. The molecule has 7 heavy (non-hydrogen) atoms. The Morgan fingerprint density at radius 2 is 2.43 bits per heavy atom. The third-order valence-corrected chi connectivity index (χ3v) is 1.92. The van der Waals surface area contributed by atoms with Crippen molar-refractivity contribution in [2.75, 3.05) is 0 Å². The van der Waals surface area contributed by atoms with E-state index in [2.05, 4.69) is 0 Å². The lowest BCUT2D eigenvalue weighted by atomic mass is 10.4. The van der Waals surface area contributed by atoms with Crippen LogP contribution in [0.1, 0.15) is 6.92 Å². The van der Waals surface area contributed by atoms with Gasteiger partial charge in [-0.2, -0.15) is 0 Å². The number of rotatable bonds is 0. The molecular formula is C5H6OP+. The molecule has 0 N–H and O–H groups in total. The fraction of sp³-hybridized carbons (Fsp3) is 0.200. The number of hydrogen-bond donors (Lipinski definition) is 0. The van der Waals surface area contributed by atoms with E-state index in [1.807, 2.05) is 13.0 Å². The molecule has 0 bridgehead atoms. The van der Waals surface area contributed by atoms with Gasteiger partial charge in [0.2, 0.25) is 0 Å². The number of hydrogen-bond acceptors (Lipinski definition) is 1. The van der Waals surface area contributed by atoms with E-state index in [0.717, 1.165) is 5.57 Å². The minimum Gasteiger partial charge on any atom is -0.0626 e. The lowest BCUT2D eigenvalue weighted by Gasteiger charge is -1.65. The van der Waals surface area contributed by atoms with Gasteiger partial charge in [0, 0.05) is 0 Å². The van der Waals surface area contributed by atoms with Crippen molar-refractivity contribution >= 4 is 7.80 Å². The van der Waals surface area contributed by atoms with Gasteiger partial charge in [0.25, 0.3) is 0 Å². The van der Waals surface area contributed by atoms with Crippen molar-refractivity contribution in [2.24, 2.45) is 0 Å². The zero-order valence-corrected chi connectivity index (χ0v) is 4.98. The fourth-order valence-electron chi connectivity index (χ4n) is 0.478. The zero-order chi connectivity index (χ0) is 5.28. The first kappa shape index (κ1) is 4.73. The van der Waals surface area contributed by atoms with Gasteiger partial charge >= 0.3 is 7.80 Å². The van der Waals surface area contributed by atoms with Crippen molar-refractivity contribution < 1.29 is 4.57 Å². The van der Waals surface area contributed by atoms with E-state index >= 15 is 0 Å². The van der Waals surface area contributed by atoms with Crippen molar-refractivity contribution in [3.8, 4) is 0 Å². The highest BCUT2D eigenvalue weighted by atomic mass is 31.1. The van der Waals surface area contributed by atoms with E-state index in [9.17, 15) is 4.57 Å². The summed E-state index contributed by atoms with van der Waals surface area (Å²) in [6, 6.07) is 0. The smallest absolute Gasteiger partial charge is 0.0626 e. The molecule has 1 heterocycles. The topological polar surface area (TPSA) is 17.1 Å². The molecular weight excluding hydrogens is 107 g/mol. The summed E-state index contributed by atoms with van der Waals surface area (Å²) in [4.78, 5) is 0. The standard InChI is InChI=1S/C5H6OP/c1-5-2-3-7(6)4-5/h2-4H,1H3/q+1. The molecule has 0 aromatic rings. The first-order valence-corrected chi connectivity index (χ1v) is 3.51. The van der Waals surface area contributed by atoms with Crippen LogP contribution in [-0.2, 0) is 4.57 Å². The summed E-state index contributed by atoms with van der Waals surface area (Å²) < 4.78 is 10.4. The van der Waals surface area contributed by atoms with E-state index < -0.39 is 7.80 Å². The Morgan fingerprint density at radius 3 is 2.57 bits per heavy atom. The van der Waals surface area contributed by atoms with E-state index in [4.69, 9.17) is 0 Å². The van der Waals surface area contributed by atoms with Gasteiger partial charge in [0.1, 0.15) is 0 Å². The van der Waals surface area contributed by atoms with Crippen LogP contribution in [0.5, 0.6) is 0 Å². The summed E-state index contributed by atoms with van der Waals surface area (Å²) in [5.74, 6) is 3.47. The predicted molar refractivity (Wildman–Crippen MR) is 30.5 cm³/mol. The molecule has 0 radical (unpaired) electrons. The Bertz CT molecular complexity index is 155. The minimum absolute atomic E-state index is 1.10. The highest BCUT2D eigenvalue weighted by Gasteiger charge is 2.11. The van der Waals surface area contributed by atoms with Crippen molar-refractivity contribution in [1.29, 1.82) is 0 Å². The van der Waals surface area contributed by atoms with Gasteiger partial charge in [0.15, 0.2) is 11.6 Å². The summed E-state index contributed by atoms with van der Waals surface area (Å²) in [6.45, 7) is 1.94. The third-order valence-electron chi connectivity index (χ3n) is 0.815. The third kappa shape index (κ3) is 0.971. The molecule has 0 aliphatic carbocycles. The van der Waals surface area contributed by atoms with Gasteiger partial charge in [-0.25, -0.2) is 0 Å². The zero-order valence-electron chi connectivity index (χ0n) is 4.09. The molecule has 0 aromatic carbocycles. The molecule has 2 heteroatoms. The Kier molecular flexibility index (Phi) is 1.07. The Balaban J connectivity index is 2.88. The first-order valence-electron chi connectivity index (χ1n) is 2.11. The Morgan fingerprint density at radius 1 is 1.71 bits per heavy atom. The van der Waals surface area contributed by atoms with Gasteiger partial charge in [-0.1, -0.05) is 4.57 Å². The van der Waals surface area contributed by atoms with Crippen LogP contribution in [0.2, 0.25) is 0 Å². The fourth-order valence-corrected chi connectivity index (χ4v) is 1.43. The molecule has 1 unspecified atom stereocenters. The van der Waals surface area contributed by atoms with Crippen LogP contribution in [-0.4, -0.2) is 0 Å². The Labute approximate surface area is 43.5 Å². The van der Waals surface area contributed by atoms with E-state index in [-0.39, 0.29) is 0 Å². The molecule has 0 spiro atoms. The summed E-state index contributed by atoms with van der Waals surface area (Å²) in [5.41, 5.74) is 1.11. The molecule has 1 rings (SSSR count). The quantitative estimate of drug-likeness (QED) is 0.440. The van der Waals surface area contributed by atoms with Gasteiger partial charge in [-0.15, -0.1) is 0 Å². The van der Waals surface area contributed by atoms with Crippen LogP contribution in [0.25, 0.3) is 0 Å². The average molecular weight is 113 g/mol. The van der Waals surface area contributed by atoms with E-state index in [0.29, 0.717) is 0 Å². The largest absolute Gasteiger partial charge is 0.400 e. The first-order chi connectivity index (χ1) is 3.29. The molecule has 1 nitrogen and oxygen atoms in total. The molecule has 36 valence electrons. The molecule has 1 aliphatic rings. The molecule has 1 atom stereocenters. The van der Waals surface area contributed by atoms with Gasteiger partial charge in [0.05, 0.1) is 0 Å². The normalized spacial score (nSPS) is 23.0. The summed E-state index contributed by atoms with van der Waals surface area (Å²) in [5, 5.41) is 0. The van der Waals surface area contributed by atoms with Crippen LogP contribution in [0.15, 0.2) is 23.3 Å². The van der Waals surface area contributed by atoms with Crippen LogP contribution < -0.4 is 0 Å². The highest BCUT2D eigenvalue weighted by molar-refractivity contribution is 7.52. The van der Waals surface area contributed by atoms with Crippen molar-refractivity contribution in [1.82, 2.24) is 0 Å². The minimum atomic E-state index is -1.10. The molecule has 0 aromatic heterocycles. The lowest BCUT2D eigenvalue weighted by Crippen LogP contribution is -1.51. The molecule has 0 amide bonds. The van der Waals surface area contributed by atoms with E-state index in [1.165, 1.54) is 0 Å². The van der Waals surface area contributed by atoms with Crippen molar-refractivity contribution in [2.45, 2.75) is 6.92 Å². The van der Waals surface area contributed by atoms with Crippen molar-refractivity contribution in [3.05, 3.63) is 23.3 Å². The Hall–Kier alpha value is -0.420. The second kappa shape index (κ2) is 1.59. The summed E-state index contributed by atoms with van der Waals surface area (Å²) in [6.07, 6.45) is 1.87. The molecule has 0 fully saturated rings. The maximum absolute atomic E-state index is 10.4. The SMILES string of the molecule is CC1=C[P+](=O)C=C1. The van der Waals surface area contributed by atoms with Gasteiger partial charge in [-0.3, -0.25) is 0 Å². The van der Waals surface area contributed by atoms with Crippen molar-refractivity contribution in [3.63, 3.8) is 0 Å². The molecule has 0 saturated carbocycles. The van der Waals surface area contributed by atoms with E-state index in [1.54, 1.807) is 11.6 Å². The lowest BCUT2D eigenvalue weighted by molar-refractivity contribution is 0.597. The van der Waals surface area contributed by atoms with Gasteiger partial charge < -0.3 is 0 Å².